The fourth-order valence-electron chi connectivity index (χ4n) is 9.76. The molecule has 1 saturated heterocycles. The number of ketones is 1. The SMILES string of the molecule is CC1CC2OC2/C=C/C=C\C(=O)Cc2c(Cl)c(O)cc(O)c2C(=O)O1.Cc1cc(=O)c2c(O)c3c(O)cc(O)c4c5c(O)cc(O)c6c(O)c7c(=O)cc(C)c8c1c2c(c34)c(c65)c78. The van der Waals surface area contributed by atoms with Crippen molar-refractivity contribution in [2.24, 2.45) is 0 Å². The van der Waals surface area contributed by atoms with Gasteiger partial charge in [-0.1, -0.05) is 29.8 Å². The molecule has 2 heterocycles. The number of allylic oxidation sites excluding steroid dienone is 3. The minimum atomic E-state index is -0.802. The molecule has 2 aliphatic rings. The van der Waals surface area contributed by atoms with E-state index in [-0.39, 0.29) is 83.7 Å². The lowest BCUT2D eigenvalue weighted by atomic mass is 9.78. The second-order valence-electron chi connectivity index (χ2n) is 16.2. The van der Waals surface area contributed by atoms with Crippen LogP contribution in [0.2, 0.25) is 5.02 Å². The maximum atomic E-state index is 13.4. The quantitative estimate of drug-likeness (QED) is 0.0314. The summed E-state index contributed by atoms with van der Waals surface area (Å²) in [5, 5.41) is 89.3. The summed E-state index contributed by atoms with van der Waals surface area (Å²) < 4.78 is 10.8. The molecule has 316 valence electrons. The molecule has 63 heavy (non-hydrogen) atoms. The van der Waals surface area contributed by atoms with Crippen LogP contribution < -0.4 is 10.9 Å². The van der Waals surface area contributed by atoms with Crippen molar-refractivity contribution in [3.05, 3.63) is 102 Å². The van der Waals surface area contributed by atoms with Crippen LogP contribution in [-0.4, -0.2) is 70.9 Å². The van der Waals surface area contributed by atoms with E-state index in [4.69, 9.17) is 21.1 Å². The molecule has 8 N–H and O–H groups in total. The highest BCUT2D eigenvalue weighted by atomic mass is 35.5. The van der Waals surface area contributed by atoms with Gasteiger partial charge >= 0.3 is 5.97 Å². The lowest BCUT2D eigenvalue weighted by Crippen LogP contribution is -2.19. The molecule has 0 amide bonds. The summed E-state index contributed by atoms with van der Waals surface area (Å²) in [4.78, 5) is 51.3. The highest BCUT2D eigenvalue weighted by molar-refractivity contribution is 6.52. The van der Waals surface area contributed by atoms with Gasteiger partial charge in [0.25, 0.3) is 0 Å². The van der Waals surface area contributed by atoms with E-state index in [1.807, 2.05) is 6.08 Å². The van der Waals surface area contributed by atoms with Crippen molar-refractivity contribution in [2.75, 3.05) is 0 Å². The monoisotopic (exact) mass is 868 g/mol. The molecule has 1 fully saturated rings. The highest BCUT2D eigenvalue weighted by Crippen LogP contribution is 2.60. The van der Waals surface area contributed by atoms with Gasteiger partial charge in [-0.05, 0) is 60.9 Å². The summed E-state index contributed by atoms with van der Waals surface area (Å²) in [6.45, 7) is 5.19. The lowest BCUT2D eigenvalue weighted by molar-refractivity contribution is -0.114. The molecule has 0 radical (unpaired) electrons. The minimum Gasteiger partial charge on any atom is -0.507 e. The van der Waals surface area contributed by atoms with Crippen LogP contribution in [0.15, 0.2) is 64.2 Å². The number of hydrogen-bond donors (Lipinski definition) is 8. The topological polar surface area (TPSA) is 252 Å². The molecule has 11 rings (SSSR count). The number of carbonyl (C=O) groups excluding carboxylic acids is 2. The second kappa shape index (κ2) is 13.5. The molecular formula is C48H33ClO14. The van der Waals surface area contributed by atoms with E-state index in [0.29, 0.717) is 49.9 Å². The maximum Gasteiger partial charge on any atom is 0.342 e. The number of halogens is 1. The number of rotatable bonds is 0. The number of esters is 1. The van der Waals surface area contributed by atoms with Gasteiger partial charge in [0.1, 0.15) is 63.8 Å². The zero-order valence-electron chi connectivity index (χ0n) is 33.2. The summed E-state index contributed by atoms with van der Waals surface area (Å²) in [6, 6.07) is 5.73. The maximum absolute atomic E-state index is 13.4. The number of epoxide rings is 1. The zero-order valence-corrected chi connectivity index (χ0v) is 34.0. The van der Waals surface area contributed by atoms with E-state index in [0.717, 1.165) is 18.2 Å². The van der Waals surface area contributed by atoms with Crippen LogP contribution >= 0.6 is 11.6 Å². The number of aromatic hydroxyl groups is 8. The van der Waals surface area contributed by atoms with Crippen LogP contribution in [0.5, 0.6) is 46.0 Å². The number of fused-ring (bicyclic) bond motifs is 4. The smallest absolute Gasteiger partial charge is 0.342 e. The van der Waals surface area contributed by atoms with Crippen molar-refractivity contribution < 1.29 is 59.9 Å². The summed E-state index contributed by atoms with van der Waals surface area (Å²) in [7, 11) is 0. The largest absolute Gasteiger partial charge is 0.507 e. The number of cyclic esters (lactones) is 1. The number of phenolic OH excluding ortho intramolecular Hbond substituents is 8. The van der Waals surface area contributed by atoms with Gasteiger partial charge in [-0.3, -0.25) is 14.4 Å². The predicted octanol–water partition coefficient (Wildman–Crippen LogP) is 7.77. The van der Waals surface area contributed by atoms with Gasteiger partial charge in [0.15, 0.2) is 16.6 Å². The number of ether oxygens (including phenoxy) is 2. The van der Waals surface area contributed by atoms with E-state index in [1.54, 1.807) is 32.9 Å². The predicted molar refractivity (Wildman–Crippen MR) is 236 cm³/mol. The van der Waals surface area contributed by atoms with Crippen molar-refractivity contribution >= 4 is 98.8 Å². The van der Waals surface area contributed by atoms with E-state index in [1.165, 1.54) is 18.2 Å². The summed E-state index contributed by atoms with van der Waals surface area (Å²) in [5.74, 6) is -4.80. The van der Waals surface area contributed by atoms with Gasteiger partial charge in [0.05, 0.1) is 32.7 Å². The lowest BCUT2D eigenvalue weighted by Gasteiger charge is -2.25. The van der Waals surface area contributed by atoms with Crippen LogP contribution in [0.25, 0.3) is 75.4 Å². The Hall–Kier alpha value is -7.55. The fourth-order valence-corrected chi connectivity index (χ4v) is 9.98. The molecule has 0 spiro atoms. The van der Waals surface area contributed by atoms with Crippen LogP contribution in [-0.2, 0) is 20.7 Å². The summed E-state index contributed by atoms with van der Waals surface area (Å²) in [6.07, 6.45) is 6.13. The van der Waals surface area contributed by atoms with Crippen molar-refractivity contribution in [3.63, 3.8) is 0 Å². The first-order valence-corrected chi connectivity index (χ1v) is 20.0. The second-order valence-corrected chi connectivity index (χ2v) is 16.6. The average Bonchev–Trinajstić information content (AvgIpc) is 3.94. The van der Waals surface area contributed by atoms with Crippen molar-refractivity contribution in [3.8, 4) is 46.0 Å². The van der Waals surface area contributed by atoms with Gasteiger partial charge in [-0.15, -0.1) is 0 Å². The molecule has 15 heteroatoms. The molecule has 0 aromatic heterocycles. The van der Waals surface area contributed by atoms with Crippen molar-refractivity contribution in [2.45, 2.75) is 51.9 Å². The third kappa shape index (κ3) is 5.47. The Balaban J connectivity index is 0.000000164. The standard InChI is InChI=1S/C30H16O8.C18H17ClO6/c1-7-3-9(31)19-23-15(7)16-8(2)4-10(32)20-24(16)28-26-18(12(34)6-14(36)22(26)30(20)38)17-11(33)5-13(35)21(29(19)37)25(17)27(23)28;1-9-6-15-14(25-15)5-3-2-4-10(20)7-11-16(18(23)24-9)12(21)8-13(22)17(11)19/h3-6,33-38H,1-2H3;2-5,8-9,14-15,21-22H,6-7H2,1H3/b;4-2-,5-3+. The zero-order chi connectivity index (χ0) is 44.8. The summed E-state index contributed by atoms with van der Waals surface area (Å²) >= 11 is 6.05. The third-order valence-corrected chi connectivity index (χ3v) is 12.7. The number of phenols is 8. The Labute approximate surface area is 357 Å². The number of carbonyl (C=O) groups is 2. The molecule has 0 bridgehead atoms. The Morgan fingerprint density at radius 2 is 1.02 bits per heavy atom. The van der Waals surface area contributed by atoms with Crippen LogP contribution in [0.1, 0.15) is 40.4 Å². The van der Waals surface area contributed by atoms with Crippen LogP contribution in [0.3, 0.4) is 0 Å². The molecule has 3 atom stereocenters. The number of aryl methyl sites for hydroxylation is 2. The molecule has 0 saturated carbocycles. The molecule has 0 aliphatic carbocycles. The normalized spacial score (nSPS) is 19.2. The van der Waals surface area contributed by atoms with Crippen LogP contribution in [0, 0.1) is 13.8 Å². The Morgan fingerprint density at radius 3 is 1.54 bits per heavy atom. The first kappa shape index (κ1) is 39.6. The average molecular weight is 869 g/mol. The van der Waals surface area contributed by atoms with Crippen molar-refractivity contribution in [1.82, 2.24) is 0 Å². The van der Waals surface area contributed by atoms with Gasteiger partial charge in [0, 0.05) is 79.7 Å². The van der Waals surface area contributed by atoms with E-state index < -0.39 is 68.9 Å². The first-order chi connectivity index (χ1) is 29.9. The van der Waals surface area contributed by atoms with Gasteiger partial charge in [-0.25, -0.2) is 4.79 Å². The fraction of sp³-hybridized carbons (Fsp3) is 0.167. The molecule has 2 aliphatic heterocycles. The molecule has 9 aromatic carbocycles. The molecular weight excluding hydrogens is 836 g/mol. The van der Waals surface area contributed by atoms with E-state index in [9.17, 15) is 60.0 Å². The van der Waals surface area contributed by atoms with E-state index in [2.05, 4.69) is 0 Å². The van der Waals surface area contributed by atoms with Gasteiger partial charge in [0.2, 0.25) is 0 Å². The number of benzene rings is 9. The van der Waals surface area contributed by atoms with Crippen LogP contribution in [0.4, 0.5) is 0 Å². The molecule has 3 unspecified atom stereocenters. The minimum absolute atomic E-state index is 0.0348. The van der Waals surface area contributed by atoms with E-state index >= 15 is 0 Å². The Kier molecular flexibility index (Phi) is 8.46. The first-order valence-electron chi connectivity index (χ1n) is 19.6. The highest BCUT2D eigenvalue weighted by Gasteiger charge is 2.39. The third-order valence-electron chi connectivity index (χ3n) is 12.3. The Morgan fingerprint density at radius 1 is 0.556 bits per heavy atom. The van der Waals surface area contributed by atoms with Gasteiger partial charge in [-0.2, -0.15) is 0 Å². The number of hydrogen-bond acceptors (Lipinski definition) is 14. The van der Waals surface area contributed by atoms with Crippen molar-refractivity contribution in [1.29, 1.82) is 0 Å². The van der Waals surface area contributed by atoms with Gasteiger partial charge < -0.3 is 50.3 Å². The molecule has 9 aromatic rings. The molecule has 14 nitrogen and oxygen atoms in total. The Bertz CT molecular complexity index is 3530. The summed E-state index contributed by atoms with van der Waals surface area (Å²) in [5.41, 5.74) is -0.000942.